The smallest absolute Gasteiger partial charge is 0.109 e. The number of thiophene rings is 1. The maximum atomic E-state index is 8.81. The van der Waals surface area contributed by atoms with Crippen LogP contribution in [0.2, 0.25) is 5.02 Å². The minimum absolute atomic E-state index is 0.164. The molecule has 3 N–H and O–H groups in total. The van der Waals surface area contributed by atoms with Crippen LogP contribution in [0.25, 0.3) is 10.2 Å². The summed E-state index contributed by atoms with van der Waals surface area (Å²) in [6.45, 7) is 0.433. The number of H-pyrrole nitrogens is 1. The van der Waals surface area contributed by atoms with Gasteiger partial charge in [0.15, 0.2) is 0 Å². The van der Waals surface area contributed by atoms with Crippen molar-refractivity contribution in [3.63, 3.8) is 0 Å². The molecule has 0 unspecified atom stereocenters. The predicted octanol–water partition coefficient (Wildman–Crippen LogP) is 4.42. The van der Waals surface area contributed by atoms with Crippen LogP contribution in [0.15, 0.2) is 36.5 Å². The summed E-state index contributed by atoms with van der Waals surface area (Å²) in [6, 6.07) is 9.52. The maximum absolute atomic E-state index is 8.81. The molecule has 0 saturated carbocycles. The van der Waals surface area contributed by atoms with Crippen molar-refractivity contribution >= 4 is 62.6 Å². The van der Waals surface area contributed by atoms with Crippen molar-refractivity contribution in [3.05, 3.63) is 62.1 Å². The predicted molar refractivity (Wildman–Crippen MR) is 111 cm³/mol. The largest absolute Gasteiger partial charge is 0.384 e. The molecule has 3 nitrogen and oxygen atoms in total. The Hall–Kier alpha value is -1.75. The minimum Gasteiger partial charge on any atom is -0.384 e. The molecule has 0 aliphatic rings. The lowest BCUT2D eigenvalue weighted by Gasteiger charge is -2.09. The molecule has 3 aromatic rings. The number of fused-ring (bicyclic) bond motifs is 1. The topological polar surface area (TPSA) is 48.0 Å². The van der Waals surface area contributed by atoms with E-state index in [-0.39, 0.29) is 6.61 Å². The van der Waals surface area contributed by atoms with E-state index in [1.165, 1.54) is 11.3 Å². The summed E-state index contributed by atoms with van der Waals surface area (Å²) in [5.74, 6) is 5.55. The fourth-order valence-electron chi connectivity index (χ4n) is 2.25. The van der Waals surface area contributed by atoms with Gasteiger partial charge >= 0.3 is 0 Å². The van der Waals surface area contributed by atoms with Crippen molar-refractivity contribution in [2.45, 2.75) is 6.54 Å². The van der Waals surface area contributed by atoms with Gasteiger partial charge in [-0.15, -0.1) is 11.3 Å². The van der Waals surface area contributed by atoms with Crippen LogP contribution in [0, 0.1) is 16.4 Å². The Morgan fingerprint density at radius 1 is 1.32 bits per heavy atom. The SMILES string of the molecule is OCC#Cc1cc2c(=S)c(C(=S)NCc3ccc(Cl)cc3)c[nH]c2s1. The summed E-state index contributed by atoms with van der Waals surface area (Å²) in [4.78, 5) is 5.60. The zero-order valence-corrected chi connectivity index (χ0v) is 16.1. The number of aromatic amines is 1. The van der Waals surface area contributed by atoms with Gasteiger partial charge in [-0.25, -0.2) is 0 Å². The number of benzene rings is 1. The first kappa shape index (κ1) is 18.1. The second-order valence-corrected chi connectivity index (χ2v) is 7.46. The van der Waals surface area contributed by atoms with Crippen LogP contribution in [0.4, 0.5) is 0 Å². The Kier molecular flexibility index (Phi) is 5.84. The summed E-state index contributed by atoms with van der Waals surface area (Å²) < 4.78 is 0.690. The van der Waals surface area contributed by atoms with Crippen LogP contribution in [0.1, 0.15) is 16.0 Å². The van der Waals surface area contributed by atoms with Gasteiger partial charge in [-0.2, -0.15) is 0 Å². The molecule has 0 radical (unpaired) electrons. The number of aliphatic hydroxyl groups excluding tert-OH is 1. The molecule has 0 bridgehead atoms. The van der Waals surface area contributed by atoms with Crippen molar-refractivity contribution in [1.82, 2.24) is 10.3 Å². The lowest BCUT2D eigenvalue weighted by molar-refractivity contribution is 0.350. The van der Waals surface area contributed by atoms with Crippen LogP contribution in [0.3, 0.4) is 0 Å². The fraction of sp³-hybridized carbons (Fsp3) is 0.111. The fourth-order valence-corrected chi connectivity index (χ4v) is 3.97. The van der Waals surface area contributed by atoms with Crippen molar-refractivity contribution in [2.75, 3.05) is 6.61 Å². The van der Waals surface area contributed by atoms with Crippen molar-refractivity contribution < 1.29 is 5.11 Å². The Balaban J connectivity index is 1.82. The van der Waals surface area contributed by atoms with Gasteiger partial charge in [-0.1, -0.05) is 60.0 Å². The maximum Gasteiger partial charge on any atom is 0.109 e. The molecule has 0 aliphatic heterocycles. The van der Waals surface area contributed by atoms with Crippen LogP contribution in [-0.2, 0) is 6.54 Å². The van der Waals surface area contributed by atoms with E-state index in [1.54, 1.807) is 0 Å². The van der Waals surface area contributed by atoms with E-state index in [0.717, 1.165) is 26.2 Å². The Morgan fingerprint density at radius 3 is 2.80 bits per heavy atom. The lowest BCUT2D eigenvalue weighted by Crippen LogP contribution is -2.22. The molecular formula is C18H13ClN2OS3. The molecule has 0 aliphatic carbocycles. The second-order valence-electron chi connectivity index (χ2n) is 5.15. The number of hydrogen-bond donors (Lipinski definition) is 3. The molecule has 3 rings (SSSR count). The van der Waals surface area contributed by atoms with Gasteiger partial charge in [0, 0.05) is 28.7 Å². The Morgan fingerprint density at radius 2 is 2.08 bits per heavy atom. The monoisotopic (exact) mass is 404 g/mol. The minimum atomic E-state index is -0.164. The third-order valence-electron chi connectivity index (χ3n) is 3.47. The number of thiocarbonyl (C=S) groups is 1. The van der Waals surface area contributed by atoms with Crippen LogP contribution in [-0.4, -0.2) is 21.7 Å². The molecule has 0 amide bonds. The van der Waals surface area contributed by atoms with E-state index in [1.807, 2.05) is 36.5 Å². The highest BCUT2D eigenvalue weighted by molar-refractivity contribution is 7.80. The number of pyridine rings is 1. The average molecular weight is 405 g/mol. The molecule has 25 heavy (non-hydrogen) atoms. The normalized spacial score (nSPS) is 10.3. The quantitative estimate of drug-likeness (QED) is 0.446. The van der Waals surface area contributed by atoms with Crippen LogP contribution < -0.4 is 5.32 Å². The molecule has 0 atom stereocenters. The van der Waals surface area contributed by atoms with Crippen molar-refractivity contribution in [1.29, 1.82) is 0 Å². The first-order valence-corrected chi connectivity index (χ1v) is 9.37. The summed E-state index contributed by atoms with van der Waals surface area (Å²) in [7, 11) is 0. The summed E-state index contributed by atoms with van der Waals surface area (Å²) in [6.07, 6.45) is 1.82. The molecule has 0 saturated heterocycles. The molecule has 126 valence electrons. The number of aliphatic hydroxyl groups is 1. The van der Waals surface area contributed by atoms with E-state index in [0.29, 0.717) is 21.1 Å². The van der Waals surface area contributed by atoms with Gasteiger partial charge in [-0.05, 0) is 23.8 Å². The Labute approximate surface area is 164 Å². The summed E-state index contributed by atoms with van der Waals surface area (Å²) >= 11 is 18.5. The highest BCUT2D eigenvalue weighted by Gasteiger charge is 2.09. The van der Waals surface area contributed by atoms with Gasteiger partial charge in [0.25, 0.3) is 0 Å². The van der Waals surface area contributed by atoms with Crippen LogP contribution in [0.5, 0.6) is 0 Å². The highest BCUT2D eigenvalue weighted by Crippen LogP contribution is 2.25. The standard InChI is InChI=1S/C18H13ClN2OS3/c19-12-5-3-11(4-6-12)9-20-17(24)15-10-21-18-14(16(15)23)8-13(25-18)2-1-7-22/h3-6,8,10,22H,7,9H2,(H,20,24)(H,21,23). The molecule has 1 aromatic carbocycles. The first-order chi connectivity index (χ1) is 12.1. The number of halogens is 1. The molecule has 7 heteroatoms. The zero-order valence-electron chi connectivity index (χ0n) is 12.9. The van der Waals surface area contributed by atoms with Gasteiger partial charge in [0.05, 0.1) is 9.39 Å². The molecule has 0 spiro atoms. The Bertz CT molecular complexity index is 1040. The lowest BCUT2D eigenvalue weighted by atomic mass is 10.2. The van der Waals surface area contributed by atoms with E-state index >= 15 is 0 Å². The van der Waals surface area contributed by atoms with E-state index in [9.17, 15) is 0 Å². The van der Waals surface area contributed by atoms with E-state index < -0.39 is 0 Å². The summed E-state index contributed by atoms with van der Waals surface area (Å²) in [5, 5.41) is 13.7. The molecular weight excluding hydrogens is 392 g/mol. The van der Waals surface area contributed by atoms with E-state index in [4.69, 9.17) is 41.1 Å². The molecule has 2 heterocycles. The third kappa shape index (κ3) is 4.27. The van der Waals surface area contributed by atoms with Crippen LogP contribution >= 0.6 is 47.4 Å². The van der Waals surface area contributed by atoms with Crippen molar-refractivity contribution in [2.24, 2.45) is 0 Å². The molecule has 0 fully saturated rings. The number of rotatable bonds is 3. The van der Waals surface area contributed by atoms with Gasteiger partial charge in [0.1, 0.15) is 16.4 Å². The van der Waals surface area contributed by atoms with E-state index in [2.05, 4.69) is 22.1 Å². The third-order valence-corrected chi connectivity index (χ3v) is 5.51. The first-order valence-electron chi connectivity index (χ1n) is 7.36. The highest BCUT2D eigenvalue weighted by atomic mass is 35.5. The number of hydrogen-bond acceptors (Lipinski definition) is 4. The van der Waals surface area contributed by atoms with Gasteiger partial charge in [0.2, 0.25) is 0 Å². The molecule has 2 aromatic heterocycles. The number of aromatic nitrogens is 1. The zero-order chi connectivity index (χ0) is 17.8. The second kappa shape index (κ2) is 8.09. The average Bonchev–Trinajstić information content (AvgIpc) is 3.03. The van der Waals surface area contributed by atoms with Gasteiger partial charge < -0.3 is 15.4 Å². The van der Waals surface area contributed by atoms with Gasteiger partial charge in [-0.3, -0.25) is 0 Å². The summed E-state index contributed by atoms with van der Waals surface area (Å²) in [5.41, 5.74) is 1.87. The van der Waals surface area contributed by atoms with Crippen molar-refractivity contribution in [3.8, 4) is 11.8 Å². The number of nitrogens with one attached hydrogen (secondary N) is 2.